The fourth-order valence-corrected chi connectivity index (χ4v) is 0.406. The maximum absolute atomic E-state index is 8.36. The lowest BCUT2D eigenvalue weighted by atomic mass is 10.3. The first kappa shape index (κ1) is 4.46. The number of rotatable bonds is 1. The number of hydrogen-bond donors (Lipinski definition) is 1. The Morgan fingerprint density at radius 2 is 2.71 bits per heavy atom. The third-order valence-electron chi connectivity index (χ3n) is 0.790. The van der Waals surface area contributed by atoms with Gasteiger partial charge in [0.2, 0.25) is 0 Å². The molecule has 0 atom stereocenters. The molecule has 0 aliphatic carbocycles. The maximum atomic E-state index is 8.36. The van der Waals surface area contributed by atoms with Gasteiger partial charge in [-0.05, 0) is 0 Å². The first-order valence-corrected chi connectivity index (χ1v) is 2.11. The van der Waals surface area contributed by atoms with E-state index in [0.717, 1.165) is 12.1 Å². The summed E-state index contributed by atoms with van der Waals surface area (Å²) >= 11 is 0. The highest BCUT2D eigenvalue weighted by molar-refractivity contribution is 5.98. The Bertz CT molecular complexity index is 117. The van der Waals surface area contributed by atoms with Gasteiger partial charge in [-0.15, -0.1) is 0 Å². The molecule has 0 saturated carbocycles. The molecule has 1 rings (SSSR count). The Kier molecular flexibility index (Phi) is 1.17. The molecule has 1 heterocycles. The predicted octanol–water partition coefficient (Wildman–Crippen LogP) is -0.191. The summed E-state index contributed by atoms with van der Waals surface area (Å²) in [6.45, 7) is 0.0417. The van der Waals surface area contributed by atoms with E-state index in [-0.39, 0.29) is 6.61 Å². The Hall–Kier alpha value is -0.700. The molecule has 0 saturated heterocycles. The van der Waals surface area contributed by atoms with E-state index in [4.69, 9.17) is 5.11 Å². The van der Waals surface area contributed by atoms with Crippen LogP contribution in [-0.4, -0.2) is 23.6 Å². The van der Waals surface area contributed by atoms with Crippen molar-refractivity contribution in [1.82, 2.24) is 0 Å². The molecule has 7 heavy (non-hydrogen) atoms. The molecular formula is C4H6N2O. The van der Waals surface area contributed by atoms with Crippen molar-refractivity contribution in [2.75, 3.05) is 6.61 Å². The molecule has 0 bridgehead atoms. The second-order valence-corrected chi connectivity index (χ2v) is 1.33. The molecular weight excluding hydrogens is 92.1 g/mol. The zero-order valence-corrected chi connectivity index (χ0v) is 3.83. The van der Waals surface area contributed by atoms with Crippen LogP contribution in [-0.2, 0) is 0 Å². The van der Waals surface area contributed by atoms with Crippen LogP contribution in [0.2, 0.25) is 0 Å². The topological polar surface area (TPSA) is 45.0 Å². The van der Waals surface area contributed by atoms with Gasteiger partial charge in [-0.25, -0.2) is 0 Å². The van der Waals surface area contributed by atoms with Crippen molar-refractivity contribution in [1.29, 1.82) is 0 Å². The van der Waals surface area contributed by atoms with E-state index in [2.05, 4.69) is 10.2 Å². The van der Waals surface area contributed by atoms with E-state index in [9.17, 15) is 0 Å². The summed E-state index contributed by atoms with van der Waals surface area (Å²) in [6.07, 6.45) is 2.39. The normalized spacial score (nSPS) is 17.6. The fourth-order valence-electron chi connectivity index (χ4n) is 0.406. The van der Waals surface area contributed by atoms with E-state index in [1.54, 1.807) is 6.21 Å². The summed E-state index contributed by atoms with van der Waals surface area (Å²) in [7, 11) is 0. The molecule has 0 spiro atoms. The van der Waals surface area contributed by atoms with Crippen molar-refractivity contribution in [2.24, 2.45) is 10.2 Å². The van der Waals surface area contributed by atoms with Crippen LogP contribution >= 0.6 is 0 Å². The molecule has 1 aliphatic heterocycles. The van der Waals surface area contributed by atoms with E-state index >= 15 is 0 Å². The largest absolute Gasteiger partial charge is 0.390 e. The number of aliphatic hydroxyl groups is 1. The summed E-state index contributed by atoms with van der Waals surface area (Å²) in [6, 6.07) is 0. The van der Waals surface area contributed by atoms with E-state index in [1.807, 2.05) is 0 Å². The van der Waals surface area contributed by atoms with Crippen LogP contribution in [0.3, 0.4) is 0 Å². The van der Waals surface area contributed by atoms with E-state index < -0.39 is 0 Å². The zero-order valence-electron chi connectivity index (χ0n) is 3.83. The number of aliphatic hydroxyl groups excluding tert-OH is 1. The predicted molar refractivity (Wildman–Crippen MR) is 27.6 cm³/mol. The Morgan fingerprint density at radius 1 is 1.86 bits per heavy atom. The summed E-state index contributed by atoms with van der Waals surface area (Å²) in [5.74, 6) is 0. The van der Waals surface area contributed by atoms with E-state index in [1.165, 1.54) is 0 Å². The van der Waals surface area contributed by atoms with Gasteiger partial charge >= 0.3 is 0 Å². The SMILES string of the molecule is OCC1=NN=CC1. The summed E-state index contributed by atoms with van der Waals surface area (Å²) < 4.78 is 0. The standard InChI is InChI=1S/C4H6N2O/c7-3-4-1-2-5-6-4/h2,7H,1,3H2. The first-order chi connectivity index (χ1) is 3.43. The van der Waals surface area contributed by atoms with Crippen LogP contribution in [0.4, 0.5) is 0 Å². The summed E-state index contributed by atoms with van der Waals surface area (Å²) in [5, 5.41) is 15.5. The second kappa shape index (κ2) is 1.84. The molecule has 0 amide bonds. The van der Waals surface area contributed by atoms with Crippen molar-refractivity contribution in [3.05, 3.63) is 0 Å². The Labute approximate surface area is 41.4 Å². The highest BCUT2D eigenvalue weighted by Gasteiger charge is 1.97. The van der Waals surface area contributed by atoms with Crippen LogP contribution in [0.5, 0.6) is 0 Å². The summed E-state index contributed by atoms with van der Waals surface area (Å²) in [4.78, 5) is 0. The third kappa shape index (κ3) is 0.838. The highest BCUT2D eigenvalue weighted by atomic mass is 16.3. The molecule has 0 radical (unpaired) electrons. The molecule has 1 aliphatic rings. The van der Waals surface area contributed by atoms with Gasteiger partial charge in [0.25, 0.3) is 0 Å². The third-order valence-corrected chi connectivity index (χ3v) is 0.790. The Morgan fingerprint density at radius 3 is 3.00 bits per heavy atom. The van der Waals surface area contributed by atoms with Crippen LogP contribution in [0.15, 0.2) is 10.2 Å². The summed E-state index contributed by atoms with van der Waals surface area (Å²) in [5.41, 5.74) is 0.750. The molecule has 3 nitrogen and oxygen atoms in total. The molecule has 1 N–H and O–H groups in total. The van der Waals surface area contributed by atoms with Crippen molar-refractivity contribution >= 4 is 11.9 Å². The minimum atomic E-state index is 0.0417. The van der Waals surface area contributed by atoms with Gasteiger partial charge in [-0.2, -0.15) is 10.2 Å². The van der Waals surface area contributed by atoms with Gasteiger partial charge in [-0.1, -0.05) is 0 Å². The molecule has 0 fully saturated rings. The highest BCUT2D eigenvalue weighted by Crippen LogP contribution is 1.91. The van der Waals surface area contributed by atoms with Gasteiger partial charge in [-0.3, -0.25) is 0 Å². The minimum Gasteiger partial charge on any atom is -0.390 e. The van der Waals surface area contributed by atoms with Crippen LogP contribution in [0.25, 0.3) is 0 Å². The average Bonchev–Trinajstić information content (AvgIpc) is 2.14. The van der Waals surface area contributed by atoms with Crippen LogP contribution < -0.4 is 0 Å². The lowest BCUT2D eigenvalue weighted by Gasteiger charge is -1.83. The molecule has 0 aromatic carbocycles. The quantitative estimate of drug-likeness (QED) is 0.485. The lowest BCUT2D eigenvalue weighted by molar-refractivity contribution is 0.356. The molecule has 38 valence electrons. The van der Waals surface area contributed by atoms with Gasteiger partial charge in [0.1, 0.15) is 0 Å². The first-order valence-electron chi connectivity index (χ1n) is 2.11. The van der Waals surface area contributed by atoms with Gasteiger partial charge < -0.3 is 5.11 Å². The van der Waals surface area contributed by atoms with Gasteiger partial charge in [0, 0.05) is 12.6 Å². The van der Waals surface area contributed by atoms with E-state index in [0.29, 0.717) is 0 Å². The van der Waals surface area contributed by atoms with Crippen molar-refractivity contribution in [3.8, 4) is 0 Å². The lowest BCUT2D eigenvalue weighted by Crippen LogP contribution is -1.99. The molecule has 0 aromatic heterocycles. The molecule has 0 unspecified atom stereocenters. The van der Waals surface area contributed by atoms with Gasteiger partial charge in [0.05, 0.1) is 12.3 Å². The Balaban J connectivity index is 2.45. The van der Waals surface area contributed by atoms with Crippen LogP contribution in [0.1, 0.15) is 6.42 Å². The molecule has 3 heteroatoms. The zero-order chi connectivity index (χ0) is 5.11. The smallest absolute Gasteiger partial charge is 0.0836 e. The minimum absolute atomic E-state index is 0.0417. The molecule has 0 aromatic rings. The second-order valence-electron chi connectivity index (χ2n) is 1.33. The van der Waals surface area contributed by atoms with Gasteiger partial charge in [0.15, 0.2) is 0 Å². The fraction of sp³-hybridized carbons (Fsp3) is 0.500. The van der Waals surface area contributed by atoms with Crippen molar-refractivity contribution < 1.29 is 5.11 Å². The number of nitrogens with zero attached hydrogens (tertiary/aromatic N) is 2. The number of hydrogen-bond acceptors (Lipinski definition) is 3. The van der Waals surface area contributed by atoms with Crippen LogP contribution in [0, 0.1) is 0 Å². The van der Waals surface area contributed by atoms with Crippen molar-refractivity contribution in [3.63, 3.8) is 0 Å². The average molecular weight is 98.1 g/mol. The van der Waals surface area contributed by atoms with Crippen molar-refractivity contribution in [2.45, 2.75) is 6.42 Å². The maximum Gasteiger partial charge on any atom is 0.0836 e. The monoisotopic (exact) mass is 98.0 g/mol.